The van der Waals surface area contributed by atoms with Crippen molar-refractivity contribution in [3.8, 4) is 5.75 Å². The third kappa shape index (κ3) is 1.68. The van der Waals surface area contributed by atoms with Crippen LogP contribution in [0.1, 0.15) is 39.9 Å². The number of hydrogen-bond acceptors (Lipinski definition) is 2. The van der Waals surface area contributed by atoms with Crippen LogP contribution in [0.25, 0.3) is 0 Å². The van der Waals surface area contributed by atoms with Gasteiger partial charge < -0.3 is 4.74 Å². The van der Waals surface area contributed by atoms with Crippen molar-refractivity contribution in [2.45, 2.75) is 31.8 Å². The van der Waals surface area contributed by atoms with Gasteiger partial charge in [0.2, 0.25) is 0 Å². The first-order valence-electron chi connectivity index (χ1n) is 7.14. The molecule has 0 saturated carbocycles. The van der Waals surface area contributed by atoms with Gasteiger partial charge in [-0.05, 0) is 48.2 Å². The van der Waals surface area contributed by atoms with Gasteiger partial charge in [0.15, 0.2) is 5.78 Å². The van der Waals surface area contributed by atoms with Gasteiger partial charge in [-0.1, -0.05) is 24.3 Å². The molecule has 0 radical (unpaired) electrons. The van der Waals surface area contributed by atoms with E-state index in [9.17, 15) is 4.79 Å². The molecule has 0 bridgehead atoms. The number of fused-ring (bicyclic) bond motifs is 2. The molecule has 1 aliphatic carbocycles. The molecule has 2 unspecified atom stereocenters. The van der Waals surface area contributed by atoms with E-state index in [-0.39, 0.29) is 17.8 Å². The average Bonchev–Trinajstić information content (AvgIpc) is 2.79. The molecule has 20 heavy (non-hydrogen) atoms. The number of Topliss-reactive ketones (excluding diaryl/α,β-unsaturated/α-hetero) is 1. The summed E-state index contributed by atoms with van der Waals surface area (Å²) in [6, 6.07) is 14.1. The van der Waals surface area contributed by atoms with Crippen molar-refractivity contribution < 1.29 is 9.53 Å². The van der Waals surface area contributed by atoms with Crippen molar-refractivity contribution in [3.63, 3.8) is 0 Å². The van der Waals surface area contributed by atoms with Gasteiger partial charge in [0.1, 0.15) is 11.9 Å². The van der Waals surface area contributed by atoms with E-state index in [1.165, 1.54) is 11.1 Å². The summed E-state index contributed by atoms with van der Waals surface area (Å²) in [4.78, 5) is 12.6. The Labute approximate surface area is 118 Å². The summed E-state index contributed by atoms with van der Waals surface area (Å²) in [6.07, 6.45) is 2.00. The molecule has 1 aliphatic heterocycles. The quantitative estimate of drug-likeness (QED) is 0.776. The fraction of sp³-hybridized carbons (Fsp3) is 0.278. The molecule has 2 atom stereocenters. The summed E-state index contributed by atoms with van der Waals surface area (Å²) in [5, 5.41) is 0. The molecule has 0 aromatic heterocycles. The highest BCUT2D eigenvalue weighted by Crippen LogP contribution is 2.38. The van der Waals surface area contributed by atoms with Crippen LogP contribution >= 0.6 is 0 Å². The number of ether oxygens (including phenoxy) is 1. The highest BCUT2D eigenvalue weighted by Gasteiger charge is 2.32. The number of carbonyl (C=O) groups is 1. The molecule has 0 fully saturated rings. The van der Waals surface area contributed by atoms with E-state index < -0.39 is 0 Å². The number of carbonyl (C=O) groups excluding carboxylic acids is 1. The molecule has 0 saturated heterocycles. The first-order chi connectivity index (χ1) is 9.72. The second kappa shape index (κ2) is 4.20. The number of ketones is 1. The van der Waals surface area contributed by atoms with E-state index in [0.29, 0.717) is 0 Å². The van der Waals surface area contributed by atoms with Crippen LogP contribution in [-0.4, -0.2) is 11.9 Å². The van der Waals surface area contributed by atoms with E-state index in [0.717, 1.165) is 29.7 Å². The molecule has 4 rings (SSSR count). The monoisotopic (exact) mass is 264 g/mol. The van der Waals surface area contributed by atoms with Gasteiger partial charge in [-0.25, -0.2) is 0 Å². The minimum atomic E-state index is 0.0454. The number of benzene rings is 2. The lowest BCUT2D eigenvalue weighted by Gasteiger charge is -2.28. The summed E-state index contributed by atoms with van der Waals surface area (Å²) in [5.74, 6) is 1.22. The van der Waals surface area contributed by atoms with E-state index in [1.807, 2.05) is 30.3 Å². The largest absolute Gasteiger partial charge is 0.490 e. The van der Waals surface area contributed by atoms with Gasteiger partial charge in [0.05, 0.1) is 5.92 Å². The molecule has 0 amide bonds. The first-order valence-corrected chi connectivity index (χ1v) is 7.14. The first kappa shape index (κ1) is 11.7. The van der Waals surface area contributed by atoms with Crippen LogP contribution in [0.2, 0.25) is 0 Å². The van der Waals surface area contributed by atoms with Gasteiger partial charge in [-0.3, -0.25) is 4.79 Å². The Morgan fingerprint density at radius 3 is 2.80 bits per heavy atom. The Morgan fingerprint density at radius 2 is 1.95 bits per heavy atom. The maximum absolute atomic E-state index is 12.6. The standard InChI is InChI=1S/C18H16O2/c1-11-8-14-9-13(6-7-17(14)20-11)18(19)16-10-12-4-2-3-5-15(12)16/h2-7,9,11,16H,8,10H2,1H3. The smallest absolute Gasteiger partial charge is 0.170 e. The van der Waals surface area contributed by atoms with Crippen molar-refractivity contribution in [1.82, 2.24) is 0 Å². The second-order valence-corrected chi connectivity index (χ2v) is 5.77. The maximum atomic E-state index is 12.6. The van der Waals surface area contributed by atoms with Crippen LogP contribution in [0, 0.1) is 0 Å². The van der Waals surface area contributed by atoms with Crippen molar-refractivity contribution in [3.05, 3.63) is 64.7 Å². The van der Waals surface area contributed by atoms with E-state index in [1.54, 1.807) is 0 Å². The molecule has 0 spiro atoms. The minimum Gasteiger partial charge on any atom is -0.490 e. The summed E-state index contributed by atoms with van der Waals surface area (Å²) >= 11 is 0. The zero-order valence-corrected chi connectivity index (χ0v) is 11.4. The van der Waals surface area contributed by atoms with Crippen LogP contribution in [0.3, 0.4) is 0 Å². The lowest BCUT2D eigenvalue weighted by Crippen LogP contribution is -2.25. The van der Waals surface area contributed by atoms with E-state index in [4.69, 9.17) is 4.74 Å². The molecule has 2 aromatic carbocycles. The Kier molecular flexibility index (Phi) is 2.46. The van der Waals surface area contributed by atoms with Crippen LogP contribution in [0.4, 0.5) is 0 Å². The topological polar surface area (TPSA) is 26.3 Å². The normalized spacial score (nSPS) is 22.4. The molecule has 1 heterocycles. The van der Waals surface area contributed by atoms with Crippen LogP contribution in [0.5, 0.6) is 5.75 Å². The van der Waals surface area contributed by atoms with Crippen molar-refractivity contribution in [1.29, 1.82) is 0 Å². The molecule has 2 aliphatic rings. The van der Waals surface area contributed by atoms with Gasteiger partial charge >= 0.3 is 0 Å². The van der Waals surface area contributed by atoms with Gasteiger partial charge in [-0.2, -0.15) is 0 Å². The molecular formula is C18H16O2. The Balaban J connectivity index is 1.64. The number of rotatable bonds is 2. The third-order valence-electron chi connectivity index (χ3n) is 4.35. The third-order valence-corrected chi connectivity index (χ3v) is 4.35. The molecule has 2 aromatic rings. The van der Waals surface area contributed by atoms with Gasteiger partial charge in [-0.15, -0.1) is 0 Å². The summed E-state index contributed by atoms with van der Waals surface area (Å²) < 4.78 is 5.69. The summed E-state index contributed by atoms with van der Waals surface area (Å²) in [6.45, 7) is 2.06. The van der Waals surface area contributed by atoms with E-state index >= 15 is 0 Å². The second-order valence-electron chi connectivity index (χ2n) is 5.77. The SMILES string of the molecule is CC1Cc2cc(C(=O)C3Cc4ccccc43)ccc2O1. The zero-order chi connectivity index (χ0) is 13.7. The predicted molar refractivity (Wildman–Crippen MR) is 77.5 cm³/mol. The molecular weight excluding hydrogens is 248 g/mol. The highest BCUT2D eigenvalue weighted by molar-refractivity contribution is 6.03. The predicted octanol–water partition coefficient (Wildman–Crippen LogP) is 3.53. The molecule has 2 heteroatoms. The van der Waals surface area contributed by atoms with Crippen molar-refractivity contribution in [2.75, 3.05) is 0 Å². The fourth-order valence-corrected chi connectivity index (χ4v) is 3.27. The Bertz CT molecular complexity index is 702. The highest BCUT2D eigenvalue weighted by atomic mass is 16.5. The molecule has 2 nitrogen and oxygen atoms in total. The lowest BCUT2D eigenvalue weighted by atomic mass is 9.73. The molecule has 0 N–H and O–H groups in total. The van der Waals surface area contributed by atoms with Crippen molar-refractivity contribution >= 4 is 5.78 Å². The average molecular weight is 264 g/mol. The maximum Gasteiger partial charge on any atom is 0.170 e. The zero-order valence-electron chi connectivity index (χ0n) is 11.4. The minimum absolute atomic E-state index is 0.0454. The lowest BCUT2D eigenvalue weighted by molar-refractivity contribution is 0.0949. The summed E-state index contributed by atoms with van der Waals surface area (Å²) in [5.41, 5.74) is 4.49. The van der Waals surface area contributed by atoms with E-state index in [2.05, 4.69) is 19.1 Å². The van der Waals surface area contributed by atoms with Crippen LogP contribution < -0.4 is 4.74 Å². The van der Waals surface area contributed by atoms with Crippen LogP contribution in [-0.2, 0) is 12.8 Å². The fourth-order valence-electron chi connectivity index (χ4n) is 3.27. The van der Waals surface area contributed by atoms with Crippen molar-refractivity contribution in [2.24, 2.45) is 0 Å². The Hall–Kier alpha value is -2.09. The number of hydrogen-bond donors (Lipinski definition) is 0. The van der Waals surface area contributed by atoms with Gasteiger partial charge in [0.25, 0.3) is 0 Å². The van der Waals surface area contributed by atoms with Gasteiger partial charge in [0, 0.05) is 12.0 Å². The summed E-state index contributed by atoms with van der Waals surface area (Å²) in [7, 11) is 0. The Morgan fingerprint density at radius 1 is 1.10 bits per heavy atom. The van der Waals surface area contributed by atoms with Crippen LogP contribution in [0.15, 0.2) is 42.5 Å². The molecule has 100 valence electrons.